The van der Waals surface area contributed by atoms with Crippen molar-refractivity contribution < 1.29 is 41.0 Å². The number of halogens is 2. The van der Waals surface area contributed by atoms with Gasteiger partial charge in [0.2, 0.25) is 0 Å². The van der Waals surface area contributed by atoms with Crippen LogP contribution >= 0.6 is 0 Å². The highest BCUT2D eigenvalue weighted by atomic mass is 32.2. The van der Waals surface area contributed by atoms with Crippen molar-refractivity contribution in [3.63, 3.8) is 0 Å². The van der Waals surface area contributed by atoms with Crippen molar-refractivity contribution in [2.45, 2.75) is 57.2 Å². The molecule has 11 heteroatoms. The number of carbonyl (C=O) groups excluding carboxylic acids is 2. The van der Waals surface area contributed by atoms with Crippen LogP contribution in [0.3, 0.4) is 0 Å². The second-order valence-electron chi connectivity index (χ2n) is 7.94. The van der Waals surface area contributed by atoms with E-state index in [9.17, 15) is 26.8 Å². The van der Waals surface area contributed by atoms with Gasteiger partial charge in [-0.1, -0.05) is 25.3 Å². The molecule has 1 aliphatic carbocycles. The van der Waals surface area contributed by atoms with E-state index in [1.165, 1.54) is 25.3 Å². The van der Waals surface area contributed by atoms with E-state index in [0.29, 0.717) is 6.42 Å². The molecule has 2 fully saturated rings. The van der Waals surface area contributed by atoms with Crippen LogP contribution in [-0.4, -0.2) is 69.1 Å². The molecule has 0 aromatic heterocycles. The molecule has 1 amide bonds. The highest BCUT2D eigenvalue weighted by Gasteiger charge is 2.39. The van der Waals surface area contributed by atoms with Crippen LogP contribution in [0.1, 0.15) is 48.9 Å². The maximum absolute atomic E-state index is 13.0. The van der Waals surface area contributed by atoms with Crippen LogP contribution in [0.4, 0.5) is 8.78 Å². The van der Waals surface area contributed by atoms with E-state index in [0.717, 1.165) is 32.1 Å². The molecule has 0 radical (unpaired) electrons. The monoisotopic (exact) mass is 475 g/mol. The van der Waals surface area contributed by atoms with Crippen molar-refractivity contribution >= 4 is 21.7 Å². The Morgan fingerprint density at radius 2 is 1.84 bits per heavy atom. The van der Waals surface area contributed by atoms with Gasteiger partial charge in [-0.25, -0.2) is 13.2 Å². The molecule has 1 aromatic carbocycles. The van der Waals surface area contributed by atoms with Crippen LogP contribution in [0, 0.1) is 0 Å². The third-order valence-electron chi connectivity index (χ3n) is 5.81. The van der Waals surface area contributed by atoms with Crippen LogP contribution in [0.25, 0.3) is 0 Å². The first kappa shape index (κ1) is 24.2. The summed E-state index contributed by atoms with van der Waals surface area (Å²) in [6.07, 6.45) is 4.80. The fourth-order valence-electron chi connectivity index (χ4n) is 4.39. The average molecular weight is 476 g/mol. The number of hydrogen-bond donors (Lipinski definition) is 0. The highest BCUT2D eigenvalue weighted by molar-refractivity contribution is 7.91. The first-order chi connectivity index (χ1) is 15.2. The summed E-state index contributed by atoms with van der Waals surface area (Å²) in [5, 5.41) is 0. The number of esters is 1. The fraction of sp³-hybridized carbons (Fsp3) is 0.619. The van der Waals surface area contributed by atoms with Gasteiger partial charge in [0.25, 0.3) is 5.91 Å². The van der Waals surface area contributed by atoms with Gasteiger partial charge in [0.15, 0.2) is 27.9 Å². The molecular formula is C21H27F2NO7S. The van der Waals surface area contributed by atoms with E-state index >= 15 is 0 Å². The Labute approximate surface area is 185 Å². The number of sulfone groups is 1. The lowest BCUT2D eigenvalue weighted by Gasteiger charge is -2.38. The zero-order valence-electron chi connectivity index (χ0n) is 17.8. The zero-order valence-corrected chi connectivity index (χ0v) is 18.6. The molecule has 2 aliphatic rings. The first-order valence-electron chi connectivity index (χ1n) is 10.5. The third-order valence-corrected chi connectivity index (χ3v) is 7.56. The van der Waals surface area contributed by atoms with Crippen LogP contribution in [-0.2, 0) is 19.4 Å². The van der Waals surface area contributed by atoms with Gasteiger partial charge in [0, 0.05) is 12.1 Å². The van der Waals surface area contributed by atoms with Crippen molar-refractivity contribution in [2.24, 2.45) is 0 Å². The van der Waals surface area contributed by atoms with Crippen molar-refractivity contribution in [1.82, 2.24) is 4.90 Å². The molecule has 0 N–H and O–H groups in total. The minimum absolute atomic E-state index is 0.0199. The predicted octanol–water partition coefficient (Wildman–Crippen LogP) is 2.80. The van der Waals surface area contributed by atoms with Crippen molar-refractivity contribution in [2.75, 3.05) is 25.2 Å². The van der Waals surface area contributed by atoms with Crippen molar-refractivity contribution in [3.05, 3.63) is 23.8 Å². The maximum atomic E-state index is 13.0. The Kier molecular flexibility index (Phi) is 7.91. The number of rotatable bonds is 8. The number of nitrogens with zero attached hydrogens (tertiary/aromatic N) is 1. The van der Waals surface area contributed by atoms with Gasteiger partial charge in [-0.3, -0.25) is 4.79 Å². The molecule has 1 aromatic rings. The summed E-state index contributed by atoms with van der Waals surface area (Å²) in [7, 11) is -1.97. The van der Waals surface area contributed by atoms with E-state index in [1.807, 2.05) is 0 Å². The van der Waals surface area contributed by atoms with Crippen molar-refractivity contribution in [1.29, 1.82) is 0 Å². The Bertz CT molecular complexity index is 932. The number of carbonyl (C=O) groups is 2. The smallest absolute Gasteiger partial charge is 0.387 e. The second kappa shape index (κ2) is 10.5. The number of amides is 1. The predicted molar refractivity (Wildman–Crippen MR) is 111 cm³/mol. The van der Waals surface area contributed by atoms with Gasteiger partial charge in [-0.15, -0.1) is 0 Å². The van der Waals surface area contributed by atoms with Gasteiger partial charge >= 0.3 is 12.6 Å². The number of ether oxygens (including phenoxy) is 3. The third kappa shape index (κ3) is 5.87. The van der Waals surface area contributed by atoms with Gasteiger partial charge in [0.05, 0.1) is 18.6 Å². The largest absolute Gasteiger partial charge is 0.493 e. The second-order valence-corrected chi connectivity index (χ2v) is 10.2. The van der Waals surface area contributed by atoms with E-state index in [1.54, 1.807) is 4.90 Å². The summed E-state index contributed by atoms with van der Waals surface area (Å²) < 4.78 is 64.1. The molecular weight excluding hydrogens is 448 g/mol. The minimum Gasteiger partial charge on any atom is -0.493 e. The summed E-state index contributed by atoms with van der Waals surface area (Å²) in [6, 6.07) is 3.43. The molecule has 178 valence electrons. The molecule has 1 unspecified atom stereocenters. The summed E-state index contributed by atoms with van der Waals surface area (Å²) in [4.78, 5) is 27.2. The van der Waals surface area contributed by atoms with Crippen LogP contribution in [0.15, 0.2) is 18.2 Å². The zero-order chi connectivity index (χ0) is 23.3. The number of hydrogen-bond acceptors (Lipinski definition) is 7. The minimum atomic E-state index is -3.21. The number of para-hydroxylation sites is 1. The normalized spacial score (nSPS) is 20.7. The SMILES string of the molecule is COc1cccc(C(=O)OCC(=O)N(C2CCCCC2)C2CCS(=O)(=O)C2)c1OC(F)F. The Morgan fingerprint density at radius 3 is 2.44 bits per heavy atom. The molecule has 0 spiro atoms. The van der Waals surface area contributed by atoms with Crippen LogP contribution < -0.4 is 9.47 Å². The van der Waals surface area contributed by atoms with E-state index in [-0.39, 0.29) is 28.9 Å². The first-order valence-corrected chi connectivity index (χ1v) is 12.3. The molecule has 3 rings (SSSR count). The van der Waals surface area contributed by atoms with Crippen LogP contribution in [0.2, 0.25) is 0 Å². The topological polar surface area (TPSA) is 99.2 Å². The molecule has 1 saturated carbocycles. The number of methoxy groups -OCH3 is 1. The molecule has 32 heavy (non-hydrogen) atoms. The quantitative estimate of drug-likeness (QED) is 0.533. The van der Waals surface area contributed by atoms with Gasteiger partial charge < -0.3 is 19.1 Å². The standard InChI is InChI=1S/C21H27F2NO7S/c1-29-17-9-5-8-16(19(17)31-21(22)23)20(26)30-12-18(25)24(14-6-3-2-4-7-14)15-10-11-32(27,28)13-15/h5,8-9,14-15,21H,2-4,6-7,10-13H2,1H3. The molecule has 1 saturated heterocycles. The summed E-state index contributed by atoms with van der Waals surface area (Å²) in [5.41, 5.74) is -0.301. The van der Waals surface area contributed by atoms with E-state index in [4.69, 9.17) is 9.47 Å². The van der Waals surface area contributed by atoms with Crippen LogP contribution in [0.5, 0.6) is 11.5 Å². The number of benzene rings is 1. The van der Waals surface area contributed by atoms with E-state index in [2.05, 4.69) is 4.74 Å². The van der Waals surface area contributed by atoms with Gasteiger partial charge in [-0.2, -0.15) is 8.78 Å². The Balaban J connectivity index is 1.74. The maximum Gasteiger partial charge on any atom is 0.387 e. The average Bonchev–Trinajstić information content (AvgIpc) is 3.11. The van der Waals surface area contributed by atoms with Gasteiger partial charge in [-0.05, 0) is 31.4 Å². The lowest BCUT2D eigenvalue weighted by molar-refractivity contribution is -0.140. The van der Waals surface area contributed by atoms with Crippen molar-refractivity contribution in [3.8, 4) is 11.5 Å². The highest BCUT2D eigenvalue weighted by Crippen LogP contribution is 2.33. The lowest BCUT2D eigenvalue weighted by Crippen LogP contribution is -2.50. The van der Waals surface area contributed by atoms with E-state index < -0.39 is 46.7 Å². The molecule has 0 bridgehead atoms. The molecule has 1 heterocycles. The summed E-state index contributed by atoms with van der Waals surface area (Å²) in [6.45, 7) is -3.82. The lowest BCUT2D eigenvalue weighted by atomic mass is 9.93. The Morgan fingerprint density at radius 1 is 1.12 bits per heavy atom. The fourth-order valence-corrected chi connectivity index (χ4v) is 6.10. The summed E-state index contributed by atoms with van der Waals surface area (Å²) in [5.74, 6) is -2.15. The molecule has 1 aliphatic heterocycles. The number of alkyl halides is 2. The summed E-state index contributed by atoms with van der Waals surface area (Å²) >= 11 is 0. The Hall–Kier alpha value is -2.43. The molecule has 1 atom stereocenters. The van der Waals surface area contributed by atoms with Gasteiger partial charge in [0.1, 0.15) is 5.56 Å². The molecule has 8 nitrogen and oxygen atoms in total.